The molecule has 1 unspecified atom stereocenters. The Morgan fingerprint density at radius 3 is 2.38 bits per heavy atom. The molecule has 1 N–H and O–H groups in total. The first-order valence-electron chi connectivity index (χ1n) is 7.10. The summed E-state index contributed by atoms with van der Waals surface area (Å²) >= 11 is 3.44. The predicted molar refractivity (Wildman–Crippen MR) is 91.3 cm³/mol. The highest BCUT2D eigenvalue weighted by Crippen LogP contribution is 2.33. The molecule has 0 spiro atoms. The Bertz CT molecular complexity index is 631. The van der Waals surface area contributed by atoms with E-state index in [0.717, 1.165) is 15.7 Å². The van der Waals surface area contributed by atoms with Crippen LogP contribution in [0.4, 0.5) is 10.1 Å². The lowest BCUT2D eigenvalue weighted by molar-refractivity contribution is 0.590. The Kier molecular flexibility index (Phi) is 4.72. The van der Waals surface area contributed by atoms with Crippen molar-refractivity contribution in [2.45, 2.75) is 39.2 Å². The van der Waals surface area contributed by atoms with E-state index >= 15 is 0 Å². The molecule has 1 nitrogen and oxygen atoms in total. The summed E-state index contributed by atoms with van der Waals surface area (Å²) in [5.41, 5.74) is 3.51. The second-order valence-corrected chi connectivity index (χ2v) is 7.18. The highest BCUT2D eigenvalue weighted by atomic mass is 79.9. The third-order valence-electron chi connectivity index (χ3n) is 3.54. The molecule has 0 radical (unpaired) electrons. The van der Waals surface area contributed by atoms with Gasteiger partial charge in [-0.1, -0.05) is 61.0 Å². The third kappa shape index (κ3) is 3.85. The maximum atomic E-state index is 13.2. The number of anilines is 1. The van der Waals surface area contributed by atoms with E-state index in [0.29, 0.717) is 0 Å². The van der Waals surface area contributed by atoms with E-state index in [-0.39, 0.29) is 17.3 Å². The molecule has 0 amide bonds. The van der Waals surface area contributed by atoms with Gasteiger partial charge in [0.15, 0.2) is 0 Å². The molecule has 0 heterocycles. The molecule has 0 bridgehead atoms. The standard InChI is InChI=1S/C18H21BrFN/c1-12(14-10-9-13(20)11-16(14)19)21-17-8-6-5-7-15(17)18(2,3)4/h5-12,21H,1-4H3. The smallest absolute Gasteiger partial charge is 0.124 e. The molecule has 0 saturated carbocycles. The average molecular weight is 350 g/mol. The number of nitrogens with one attached hydrogen (secondary N) is 1. The maximum absolute atomic E-state index is 13.2. The van der Waals surface area contributed by atoms with Gasteiger partial charge in [0.25, 0.3) is 0 Å². The van der Waals surface area contributed by atoms with E-state index in [4.69, 9.17) is 0 Å². The van der Waals surface area contributed by atoms with Crippen molar-refractivity contribution in [3.8, 4) is 0 Å². The molecule has 3 heteroatoms. The highest BCUT2D eigenvalue weighted by Gasteiger charge is 2.19. The predicted octanol–water partition coefficient (Wildman–Crippen LogP) is 6.06. The van der Waals surface area contributed by atoms with Gasteiger partial charge >= 0.3 is 0 Å². The molecule has 2 aromatic carbocycles. The zero-order valence-corrected chi connectivity index (χ0v) is 14.5. The van der Waals surface area contributed by atoms with Gasteiger partial charge in [-0.3, -0.25) is 0 Å². The second kappa shape index (κ2) is 6.18. The first-order valence-corrected chi connectivity index (χ1v) is 7.89. The molecule has 0 aliphatic carbocycles. The minimum atomic E-state index is -0.229. The Morgan fingerprint density at radius 2 is 1.76 bits per heavy atom. The van der Waals surface area contributed by atoms with Crippen LogP contribution in [-0.4, -0.2) is 0 Å². The number of para-hydroxylation sites is 1. The zero-order valence-electron chi connectivity index (χ0n) is 12.9. The first-order chi connectivity index (χ1) is 9.79. The molecule has 112 valence electrons. The molecule has 0 saturated heterocycles. The summed E-state index contributed by atoms with van der Waals surface area (Å²) in [5, 5.41) is 3.54. The van der Waals surface area contributed by atoms with Crippen molar-refractivity contribution in [2.24, 2.45) is 0 Å². The number of halogens is 2. The van der Waals surface area contributed by atoms with Crippen LogP contribution < -0.4 is 5.32 Å². The van der Waals surface area contributed by atoms with Crippen LogP contribution in [0.5, 0.6) is 0 Å². The second-order valence-electron chi connectivity index (χ2n) is 6.33. The third-order valence-corrected chi connectivity index (χ3v) is 4.22. The van der Waals surface area contributed by atoms with Gasteiger partial charge in [0.2, 0.25) is 0 Å². The molecular formula is C18H21BrFN. The van der Waals surface area contributed by atoms with Crippen molar-refractivity contribution in [3.63, 3.8) is 0 Å². The normalized spacial score (nSPS) is 13.0. The Hall–Kier alpha value is -1.35. The van der Waals surface area contributed by atoms with Crippen LogP contribution in [0.1, 0.15) is 44.9 Å². The minimum absolute atomic E-state index is 0.0728. The Balaban J connectivity index is 2.30. The summed E-state index contributed by atoms with van der Waals surface area (Å²) in [6.07, 6.45) is 0. The van der Waals surface area contributed by atoms with Crippen molar-refractivity contribution >= 4 is 21.6 Å². The van der Waals surface area contributed by atoms with Crippen LogP contribution >= 0.6 is 15.9 Å². The molecule has 0 aromatic heterocycles. The largest absolute Gasteiger partial charge is 0.378 e. The fourth-order valence-corrected chi connectivity index (χ4v) is 3.12. The molecule has 2 rings (SSSR count). The monoisotopic (exact) mass is 349 g/mol. The van der Waals surface area contributed by atoms with Crippen LogP contribution in [0.15, 0.2) is 46.9 Å². The SMILES string of the molecule is CC(Nc1ccccc1C(C)(C)C)c1ccc(F)cc1Br. The van der Waals surface area contributed by atoms with E-state index < -0.39 is 0 Å². The quantitative estimate of drug-likeness (QED) is 0.710. The van der Waals surface area contributed by atoms with Gasteiger partial charge < -0.3 is 5.32 Å². The summed E-state index contributed by atoms with van der Waals surface area (Å²) in [7, 11) is 0. The topological polar surface area (TPSA) is 12.0 Å². The molecule has 2 aromatic rings. The van der Waals surface area contributed by atoms with Crippen molar-refractivity contribution in [1.82, 2.24) is 0 Å². The van der Waals surface area contributed by atoms with Gasteiger partial charge in [-0.25, -0.2) is 4.39 Å². The minimum Gasteiger partial charge on any atom is -0.378 e. The lowest BCUT2D eigenvalue weighted by atomic mass is 9.85. The van der Waals surface area contributed by atoms with Gasteiger partial charge in [0.1, 0.15) is 5.82 Å². The number of hydrogen-bond donors (Lipinski definition) is 1. The zero-order chi connectivity index (χ0) is 15.6. The molecule has 0 fully saturated rings. The molecule has 0 aliphatic rings. The molecule has 21 heavy (non-hydrogen) atoms. The molecule has 0 aliphatic heterocycles. The summed E-state index contributed by atoms with van der Waals surface area (Å²) < 4.78 is 14.0. The lowest BCUT2D eigenvalue weighted by Gasteiger charge is -2.26. The molecular weight excluding hydrogens is 329 g/mol. The van der Waals surface area contributed by atoms with Crippen molar-refractivity contribution in [1.29, 1.82) is 0 Å². The van der Waals surface area contributed by atoms with Crippen molar-refractivity contribution < 1.29 is 4.39 Å². The van der Waals surface area contributed by atoms with Crippen LogP contribution in [0.25, 0.3) is 0 Å². The van der Waals surface area contributed by atoms with Crippen LogP contribution in [0.3, 0.4) is 0 Å². The average Bonchev–Trinajstić information content (AvgIpc) is 2.37. The van der Waals surface area contributed by atoms with Gasteiger partial charge in [0, 0.05) is 16.2 Å². The highest BCUT2D eigenvalue weighted by molar-refractivity contribution is 9.10. The van der Waals surface area contributed by atoms with Crippen LogP contribution in [0, 0.1) is 5.82 Å². The molecule has 1 atom stereocenters. The van der Waals surface area contributed by atoms with E-state index in [9.17, 15) is 4.39 Å². The Labute approximate surface area is 134 Å². The van der Waals surface area contributed by atoms with Gasteiger partial charge in [-0.2, -0.15) is 0 Å². The summed E-state index contributed by atoms with van der Waals surface area (Å²) in [6.45, 7) is 8.68. The number of benzene rings is 2. The van der Waals surface area contributed by atoms with E-state index in [1.165, 1.54) is 17.7 Å². The summed E-state index contributed by atoms with van der Waals surface area (Å²) in [6, 6.07) is 13.2. The summed E-state index contributed by atoms with van der Waals surface area (Å²) in [4.78, 5) is 0. The van der Waals surface area contributed by atoms with E-state index in [2.05, 4.69) is 67.1 Å². The maximum Gasteiger partial charge on any atom is 0.124 e. The van der Waals surface area contributed by atoms with Crippen LogP contribution in [0.2, 0.25) is 0 Å². The van der Waals surface area contributed by atoms with Gasteiger partial charge in [-0.05, 0) is 41.7 Å². The fourth-order valence-electron chi connectivity index (χ4n) is 2.43. The van der Waals surface area contributed by atoms with Crippen molar-refractivity contribution in [2.75, 3.05) is 5.32 Å². The fraction of sp³-hybridized carbons (Fsp3) is 0.333. The van der Waals surface area contributed by atoms with Gasteiger partial charge in [-0.15, -0.1) is 0 Å². The summed E-state index contributed by atoms with van der Waals surface area (Å²) in [5.74, 6) is -0.229. The van der Waals surface area contributed by atoms with Gasteiger partial charge in [0.05, 0.1) is 0 Å². The van der Waals surface area contributed by atoms with Crippen molar-refractivity contribution in [3.05, 3.63) is 63.9 Å². The first kappa shape index (κ1) is 16.0. The van der Waals surface area contributed by atoms with E-state index in [1.54, 1.807) is 0 Å². The van der Waals surface area contributed by atoms with E-state index in [1.807, 2.05) is 12.1 Å². The lowest BCUT2D eigenvalue weighted by Crippen LogP contribution is -2.16. The number of rotatable bonds is 3. The number of hydrogen-bond acceptors (Lipinski definition) is 1. The van der Waals surface area contributed by atoms with Crippen LogP contribution in [-0.2, 0) is 5.41 Å². The Morgan fingerprint density at radius 1 is 1.10 bits per heavy atom.